The number of furan rings is 1. The zero-order valence-electron chi connectivity index (χ0n) is 10.4. The summed E-state index contributed by atoms with van der Waals surface area (Å²) in [4.78, 5) is 12.3. The predicted octanol–water partition coefficient (Wildman–Crippen LogP) is 5.27. The molecule has 0 saturated carbocycles. The van der Waals surface area contributed by atoms with E-state index in [1.165, 1.54) is 0 Å². The summed E-state index contributed by atoms with van der Waals surface area (Å²) in [5.41, 5.74) is 1.49. The van der Waals surface area contributed by atoms with E-state index < -0.39 is 0 Å². The summed E-state index contributed by atoms with van der Waals surface area (Å²) in [6.45, 7) is 0. The zero-order valence-corrected chi connectivity index (χ0v) is 12.7. The number of hydrogen-bond donors (Lipinski definition) is 0. The van der Waals surface area contributed by atoms with Crippen molar-refractivity contribution in [2.75, 3.05) is 0 Å². The van der Waals surface area contributed by atoms with Crippen molar-refractivity contribution in [3.63, 3.8) is 0 Å². The van der Waals surface area contributed by atoms with Crippen molar-refractivity contribution in [2.45, 2.75) is 6.42 Å². The Balaban J connectivity index is 1.93. The molecule has 4 heteroatoms. The van der Waals surface area contributed by atoms with Crippen LogP contribution in [0.25, 0.3) is 11.0 Å². The van der Waals surface area contributed by atoms with Gasteiger partial charge in [0.25, 0.3) is 0 Å². The molecule has 0 spiro atoms. The minimum atomic E-state index is -0.0822. The first-order valence-electron chi connectivity index (χ1n) is 6.10. The van der Waals surface area contributed by atoms with Gasteiger partial charge in [-0.2, -0.15) is 0 Å². The van der Waals surface area contributed by atoms with Gasteiger partial charge in [-0.15, -0.1) is 0 Å². The monoisotopic (exact) mass is 348 g/mol. The third-order valence-electron chi connectivity index (χ3n) is 3.08. The summed E-state index contributed by atoms with van der Waals surface area (Å²) in [6, 6.07) is 14.8. The minimum Gasteiger partial charge on any atom is -0.452 e. The number of carbonyl (C=O) groups excluding carboxylic acids is 1. The van der Waals surface area contributed by atoms with E-state index in [2.05, 4.69) is 15.9 Å². The van der Waals surface area contributed by atoms with Crippen LogP contribution in [0, 0.1) is 0 Å². The number of rotatable bonds is 3. The van der Waals surface area contributed by atoms with Gasteiger partial charge in [0.05, 0.1) is 4.47 Å². The van der Waals surface area contributed by atoms with Crippen LogP contribution in [0.2, 0.25) is 5.02 Å². The number of para-hydroxylation sites is 1. The molecule has 0 amide bonds. The maximum Gasteiger partial charge on any atom is 0.202 e. The van der Waals surface area contributed by atoms with Crippen LogP contribution in [-0.4, -0.2) is 5.78 Å². The molecular weight excluding hydrogens is 340 g/mol. The summed E-state index contributed by atoms with van der Waals surface area (Å²) in [6.07, 6.45) is 0.233. The topological polar surface area (TPSA) is 30.2 Å². The van der Waals surface area contributed by atoms with Crippen LogP contribution in [0.4, 0.5) is 0 Å². The lowest BCUT2D eigenvalue weighted by Crippen LogP contribution is -2.02. The molecule has 0 unspecified atom stereocenters. The van der Waals surface area contributed by atoms with Crippen LogP contribution in [0.5, 0.6) is 0 Å². The number of benzene rings is 2. The average molecular weight is 350 g/mol. The Kier molecular flexibility index (Phi) is 3.64. The van der Waals surface area contributed by atoms with E-state index in [4.69, 9.17) is 16.0 Å². The Labute approximate surface area is 129 Å². The predicted molar refractivity (Wildman–Crippen MR) is 83.4 cm³/mol. The number of fused-ring (bicyclic) bond motifs is 1. The number of hydrogen-bond acceptors (Lipinski definition) is 2. The minimum absolute atomic E-state index is 0.0822. The van der Waals surface area contributed by atoms with Crippen molar-refractivity contribution in [2.24, 2.45) is 0 Å². The van der Waals surface area contributed by atoms with Gasteiger partial charge in [0.1, 0.15) is 5.58 Å². The van der Waals surface area contributed by atoms with E-state index in [9.17, 15) is 4.79 Å². The lowest BCUT2D eigenvalue weighted by molar-refractivity contribution is 0.0968. The molecule has 2 aromatic carbocycles. The average Bonchev–Trinajstić information content (AvgIpc) is 2.87. The molecule has 0 aliphatic heterocycles. The molecule has 2 nitrogen and oxygen atoms in total. The van der Waals surface area contributed by atoms with E-state index in [0.717, 1.165) is 15.4 Å². The van der Waals surface area contributed by atoms with Crippen molar-refractivity contribution in [3.8, 4) is 0 Å². The van der Waals surface area contributed by atoms with Crippen LogP contribution in [0.3, 0.4) is 0 Å². The first kappa shape index (κ1) is 13.4. The first-order chi connectivity index (χ1) is 9.65. The summed E-state index contributed by atoms with van der Waals surface area (Å²) < 4.78 is 6.47. The number of ketones is 1. The van der Waals surface area contributed by atoms with Crippen LogP contribution in [-0.2, 0) is 6.42 Å². The first-order valence-corrected chi connectivity index (χ1v) is 7.27. The van der Waals surface area contributed by atoms with Crippen LogP contribution in [0.1, 0.15) is 16.1 Å². The molecular formula is C16H10BrClO2. The molecule has 0 aliphatic rings. The summed E-state index contributed by atoms with van der Waals surface area (Å²) in [5.74, 6) is 0.271. The van der Waals surface area contributed by atoms with Gasteiger partial charge >= 0.3 is 0 Å². The lowest BCUT2D eigenvalue weighted by atomic mass is 10.1. The van der Waals surface area contributed by atoms with Gasteiger partial charge in [0, 0.05) is 16.8 Å². The molecule has 0 fully saturated rings. The van der Waals surface area contributed by atoms with Crippen molar-refractivity contribution in [1.29, 1.82) is 0 Å². The molecule has 1 heterocycles. The smallest absolute Gasteiger partial charge is 0.202 e. The molecule has 100 valence electrons. The molecule has 0 radical (unpaired) electrons. The third kappa shape index (κ3) is 2.51. The number of Topliss-reactive ketones (excluding diaryl/α,β-unsaturated/α-hetero) is 1. The van der Waals surface area contributed by atoms with Gasteiger partial charge in [0.2, 0.25) is 5.78 Å². The van der Waals surface area contributed by atoms with Crippen LogP contribution >= 0.6 is 27.5 Å². The highest BCUT2D eigenvalue weighted by Gasteiger charge is 2.15. The summed E-state index contributed by atoms with van der Waals surface area (Å²) >= 11 is 9.48. The Morgan fingerprint density at radius 3 is 2.70 bits per heavy atom. The fourth-order valence-corrected chi connectivity index (χ4v) is 2.73. The Morgan fingerprint density at radius 1 is 1.15 bits per heavy atom. The second-order valence-electron chi connectivity index (χ2n) is 4.46. The number of halogens is 2. The molecule has 1 aromatic heterocycles. The Bertz CT molecular complexity index is 792. The molecule has 0 bridgehead atoms. The van der Waals surface area contributed by atoms with Crippen molar-refractivity contribution in [1.82, 2.24) is 0 Å². The van der Waals surface area contributed by atoms with Crippen molar-refractivity contribution < 1.29 is 9.21 Å². The van der Waals surface area contributed by atoms with Gasteiger partial charge < -0.3 is 4.42 Å². The highest BCUT2D eigenvalue weighted by molar-refractivity contribution is 9.10. The fraction of sp³-hybridized carbons (Fsp3) is 0.0625. The molecule has 0 N–H and O–H groups in total. The van der Waals surface area contributed by atoms with Gasteiger partial charge in [0.15, 0.2) is 5.76 Å². The van der Waals surface area contributed by atoms with E-state index in [-0.39, 0.29) is 12.2 Å². The van der Waals surface area contributed by atoms with E-state index >= 15 is 0 Å². The van der Waals surface area contributed by atoms with Gasteiger partial charge in [-0.25, -0.2) is 0 Å². The second kappa shape index (κ2) is 5.43. The van der Waals surface area contributed by atoms with E-state index in [1.807, 2.05) is 36.4 Å². The molecule has 0 atom stereocenters. The molecule has 0 aliphatic carbocycles. The highest BCUT2D eigenvalue weighted by Crippen LogP contribution is 2.28. The largest absolute Gasteiger partial charge is 0.452 e. The van der Waals surface area contributed by atoms with E-state index in [0.29, 0.717) is 16.4 Å². The van der Waals surface area contributed by atoms with Gasteiger partial charge in [-0.1, -0.05) is 41.9 Å². The highest BCUT2D eigenvalue weighted by atomic mass is 79.9. The number of carbonyl (C=O) groups is 1. The standard InChI is InChI=1S/C16H10BrClO2/c17-12-6-3-5-11-9-15(20-16(11)12)14(19)8-10-4-1-2-7-13(10)18/h1-7,9H,8H2. The molecule has 3 aromatic rings. The Hall–Kier alpha value is -1.58. The normalized spacial score (nSPS) is 10.9. The van der Waals surface area contributed by atoms with E-state index in [1.54, 1.807) is 12.1 Å². The van der Waals surface area contributed by atoms with Crippen LogP contribution in [0.15, 0.2) is 57.4 Å². The SMILES string of the molecule is O=C(Cc1ccccc1Cl)c1cc2cccc(Br)c2o1. The van der Waals surface area contributed by atoms with Gasteiger partial charge in [-0.05, 0) is 39.7 Å². The molecule has 0 saturated heterocycles. The maximum absolute atomic E-state index is 12.3. The molecule has 20 heavy (non-hydrogen) atoms. The maximum atomic E-state index is 12.3. The molecule has 3 rings (SSSR count). The quantitative estimate of drug-likeness (QED) is 0.603. The third-order valence-corrected chi connectivity index (χ3v) is 4.07. The zero-order chi connectivity index (χ0) is 14.1. The lowest BCUT2D eigenvalue weighted by Gasteiger charge is -2.01. The van der Waals surface area contributed by atoms with Crippen molar-refractivity contribution in [3.05, 3.63) is 69.3 Å². The fourth-order valence-electron chi connectivity index (χ4n) is 2.07. The summed E-state index contributed by atoms with van der Waals surface area (Å²) in [5, 5.41) is 1.50. The Morgan fingerprint density at radius 2 is 1.95 bits per heavy atom. The summed E-state index contributed by atoms with van der Waals surface area (Å²) in [7, 11) is 0. The second-order valence-corrected chi connectivity index (χ2v) is 5.72. The van der Waals surface area contributed by atoms with Gasteiger partial charge in [-0.3, -0.25) is 4.79 Å². The van der Waals surface area contributed by atoms with Crippen LogP contribution < -0.4 is 0 Å². The van der Waals surface area contributed by atoms with Crippen molar-refractivity contribution >= 4 is 44.3 Å².